The molecule has 6 rings (SSSR count). The standard InChI is InChI=1S/C22H32O4/c1-12(19(24)25)15-6-7-16-17-5-4-13-10-14-8-9-21(13,3)22(17,26-14)18(23)11-20(15,16)2/h12-17H,4-11H2,1-3H3,(H,24,25)/t12-,13+,14+,15+,16-,17+,20+,21-,22-/m0/s1. The van der Waals surface area contributed by atoms with Crippen molar-refractivity contribution in [1.82, 2.24) is 0 Å². The molecule has 2 aliphatic heterocycles. The molecule has 4 nitrogen and oxygen atoms in total. The van der Waals surface area contributed by atoms with Crippen molar-refractivity contribution >= 4 is 11.8 Å². The van der Waals surface area contributed by atoms with Crippen molar-refractivity contribution in [1.29, 1.82) is 0 Å². The number of carbonyl (C=O) groups is 2. The summed E-state index contributed by atoms with van der Waals surface area (Å²) in [6.07, 6.45) is 8.48. The SMILES string of the molecule is C[C@H](C(=O)O)[C@H]1CC[C@H]2[C@H]3CC[C@@H]4C[C@H]5CC[C@]4(C)[C@@]3(O5)C(=O)C[C@]12C. The Morgan fingerprint density at radius 1 is 1.15 bits per heavy atom. The molecular weight excluding hydrogens is 328 g/mol. The van der Waals surface area contributed by atoms with Crippen molar-refractivity contribution in [2.45, 2.75) is 83.8 Å². The fraction of sp³-hybridized carbons (Fsp3) is 0.909. The maximum Gasteiger partial charge on any atom is 0.306 e. The minimum absolute atomic E-state index is 0.000416. The molecule has 26 heavy (non-hydrogen) atoms. The van der Waals surface area contributed by atoms with Gasteiger partial charge in [-0.25, -0.2) is 0 Å². The first-order valence-corrected chi connectivity index (χ1v) is 10.7. The molecule has 6 aliphatic rings. The summed E-state index contributed by atoms with van der Waals surface area (Å²) in [6, 6.07) is 0. The molecule has 6 fully saturated rings. The van der Waals surface area contributed by atoms with E-state index < -0.39 is 11.6 Å². The van der Waals surface area contributed by atoms with Crippen molar-refractivity contribution < 1.29 is 19.4 Å². The van der Waals surface area contributed by atoms with E-state index in [0.717, 1.165) is 38.5 Å². The first kappa shape index (κ1) is 17.2. The van der Waals surface area contributed by atoms with Gasteiger partial charge in [0.1, 0.15) is 5.60 Å². The van der Waals surface area contributed by atoms with E-state index in [1.165, 1.54) is 6.42 Å². The monoisotopic (exact) mass is 360 g/mol. The zero-order valence-electron chi connectivity index (χ0n) is 16.3. The summed E-state index contributed by atoms with van der Waals surface area (Å²) in [6.45, 7) is 6.40. The highest BCUT2D eigenvalue weighted by atomic mass is 16.5. The van der Waals surface area contributed by atoms with E-state index in [1.807, 2.05) is 6.92 Å². The lowest BCUT2D eigenvalue weighted by molar-refractivity contribution is -0.307. The first-order valence-electron chi connectivity index (χ1n) is 10.7. The second-order valence-electron chi connectivity index (χ2n) is 10.6. The number of hydrogen-bond acceptors (Lipinski definition) is 3. The van der Waals surface area contributed by atoms with Gasteiger partial charge in [0.25, 0.3) is 0 Å². The van der Waals surface area contributed by atoms with Gasteiger partial charge in [0, 0.05) is 11.8 Å². The number of hydrogen-bond donors (Lipinski definition) is 1. The molecule has 0 aromatic carbocycles. The van der Waals surface area contributed by atoms with Crippen LogP contribution in [0, 0.1) is 40.4 Å². The lowest BCUT2D eigenvalue weighted by Gasteiger charge is -2.70. The van der Waals surface area contributed by atoms with Crippen LogP contribution in [0.2, 0.25) is 0 Å². The van der Waals surface area contributed by atoms with Crippen LogP contribution in [-0.4, -0.2) is 28.6 Å². The lowest BCUT2D eigenvalue weighted by Crippen LogP contribution is -2.75. The van der Waals surface area contributed by atoms with Crippen LogP contribution in [0.5, 0.6) is 0 Å². The molecule has 9 atom stereocenters. The Morgan fingerprint density at radius 3 is 2.62 bits per heavy atom. The zero-order chi connectivity index (χ0) is 18.5. The third-order valence-corrected chi connectivity index (χ3v) is 9.90. The highest BCUT2D eigenvalue weighted by molar-refractivity contribution is 5.91. The van der Waals surface area contributed by atoms with Crippen LogP contribution in [0.4, 0.5) is 0 Å². The number of ether oxygens (including phenoxy) is 1. The molecule has 2 saturated heterocycles. The number of carbonyl (C=O) groups excluding carboxylic acids is 1. The molecule has 144 valence electrons. The molecule has 0 amide bonds. The summed E-state index contributed by atoms with van der Waals surface area (Å²) in [5.41, 5.74) is -0.740. The van der Waals surface area contributed by atoms with Gasteiger partial charge < -0.3 is 9.84 Å². The van der Waals surface area contributed by atoms with Gasteiger partial charge in [-0.3, -0.25) is 9.59 Å². The smallest absolute Gasteiger partial charge is 0.306 e. The van der Waals surface area contributed by atoms with Crippen LogP contribution < -0.4 is 0 Å². The molecule has 0 unspecified atom stereocenters. The molecule has 1 spiro atoms. The van der Waals surface area contributed by atoms with Crippen molar-refractivity contribution in [3.05, 3.63) is 0 Å². The topological polar surface area (TPSA) is 63.6 Å². The third-order valence-electron chi connectivity index (χ3n) is 9.90. The summed E-state index contributed by atoms with van der Waals surface area (Å²) < 4.78 is 6.69. The predicted molar refractivity (Wildman–Crippen MR) is 96.5 cm³/mol. The van der Waals surface area contributed by atoms with E-state index in [0.29, 0.717) is 30.0 Å². The molecule has 4 saturated carbocycles. The number of carboxylic acids is 1. The summed E-state index contributed by atoms with van der Waals surface area (Å²) in [4.78, 5) is 25.5. The van der Waals surface area contributed by atoms with Crippen LogP contribution in [0.25, 0.3) is 0 Å². The maximum atomic E-state index is 13.8. The second-order valence-corrected chi connectivity index (χ2v) is 10.6. The fourth-order valence-corrected chi connectivity index (χ4v) is 8.65. The Morgan fingerprint density at radius 2 is 1.88 bits per heavy atom. The van der Waals surface area contributed by atoms with Crippen molar-refractivity contribution in [3.8, 4) is 0 Å². The molecule has 4 bridgehead atoms. The molecule has 4 heteroatoms. The number of Topliss-reactive ketones (excluding diaryl/α,β-unsaturated/α-hetero) is 1. The van der Waals surface area contributed by atoms with Gasteiger partial charge in [-0.2, -0.15) is 0 Å². The molecule has 0 aromatic heterocycles. The Bertz CT molecular complexity index is 673. The Kier molecular flexibility index (Phi) is 3.39. The highest BCUT2D eigenvalue weighted by Crippen LogP contribution is 2.72. The van der Waals surface area contributed by atoms with Gasteiger partial charge in [0.05, 0.1) is 12.0 Å². The molecule has 0 radical (unpaired) electrons. The molecule has 0 aromatic rings. The van der Waals surface area contributed by atoms with Crippen LogP contribution in [0.15, 0.2) is 0 Å². The van der Waals surface area contributed by atoms with Gasteiger partial charge >= 0.3 is 5.97 Å². The van der Waals surface area contributed by atoms with Crippen molar-refractivity contribution in [3.63, 3.8) is 0 Å². The largest absolute Gasteiger partial charge is 0.481 e. The van der Waals surface area contributed by atoms with E-state index in [-0.39, 0.29) is 28.8 Å². The molecule has 2 heterocycles. The van der Waals surface area contributed by atoms with Crippen molar-refractivity contribution in [2.75, 3.05) is 0 Å². The number of ketones is 1. The summed E-state index contributed by atoms with van der Waals surface area (Å²) in [5.74, 6) is 0.693. The first-order chi connectivity index (χ1) is 12.2. The van der Waals surface area contributed by atoms with Crippen LogP contribution in [-0.2, 0) is 14.3 Å². The van der Waals surface area contributed by atoms with E-state index in [2.05, 4.69) is 13.8 Å². The number of fused-ring (bicyclic) bond motifs is 3. The Hall–Kier alpha value is -0.900. The van der Waals surface area contributed by atoms with Crippen molar-refractivity contribution in [2.24, 2.45) is 40.4 Å². The minimum Gasteiger partial charge on any atom is -0.481 e. The van der Waals surface area contributed by atoms with Gasteiger partial charge in [-0.1, -0.05) is 20.8 Å². The third kappa shape index (κ3) is 1.76. The predicted octanol–water partition coefficient (Wildman–Crippen LogP) is 4.07. The van der Waals surface area contributed by atoms with E-state index in [9.17, 15) is 14.7 Å². The number of carboxylic acid groups (broad SMARTS) is 1. The van der Waals surface area contributed by atoms with Crippen LogP contribution in [0.1, 0.15) is 72.1 Å². The quantitative estimate of drug-likeness (QED) is 0.806. The number of rotatable bonds is 2. The normalized spacial score (nSPS) is 56.0. The van der Waals surface area contributed by atoms with E-state index in [4.69, 9.17) is 4.74 Å². The second kappa shape index (κ2) is 5.12. The van der Waals surface area contributed by atoms with Gasteiger partial charge in [0.2, 0.25) is 0 Å². The molecule has 1 N–H and O–H groups in total. The average Bonchev–Trinajstić information content (AvgIpc) is 2.90. The zero-order valence-corrected chi connectivity index (χ0v) is 16.3. The maximum absolute atomic E-state index is 13.8. The van der Waals surface area contributed by atoms with Gasteiger partial charge in [-0.15, -0.1) is 0 Å². The van der Waals surface area contributed by atoms with Crippen LogP contribution in [0.3, 0.4) is 0 Å². The number of aliphatic carboxylic acids is 1. The van der Waals surface area contributed by atoms with E-state index in [1.54, 1.807) is 0 Å². The molecular formula is C22H32O4. The minimum atomic E-state index is -0.715. The fourth-order valence-electron chi connectivity index (χ4n) is 8.65. The van der Waals surface area contributed by atoms with E-state index >= 15 is 0 Å². The summed E-state index contributed by atoms with van der Waals surface area (Å²) in [5, 5.41) is 9.60. The summed E-state index contributed by atoms with van der Waals surface area (Å²) >= 11 is 0. The average molecular weight is 360 g/mol. The Labute approximate surface area is 156 Å². The lowest BCUT2D eigenvalue weighted by atomic mass is 9.40. The molecule has 4 aliphatic carbocycles. The van der Waals surface area contributed by atoms with Crippen LogP contribution >= 0.6 is 0 Å². The summed E-state index contributed by atoms with van der Waals surface area (Å²) in [7, 11) is 0. The van der Waals surface area contributed by atoms with Gasteiger partial charge in [0.15, 0.2) is 5.78 Å². The highest BCUT2D eigenvalue weighted by Gasteiger charge is 2.74. The van der Waals surface area contributed by atoms with Gasteiger partial charge in [-0.05, 0) is 74.0 Å². The Balaban J connectivity index is 1.58.